The molecule has 5 rings (SSSR count). The van der Waals surface area contributed by atoms with Crippen LogP contribution in [0.2, 0.25) is 0 Å². The minimum Gasteiger partial charge on any atom is -0.372 e. The number of anilines is 1. The Balaban J connectivity index is 1.37. The smallest absolute Gasteiger partial charge is 0.255 e. The van der Waals surface area contributed by atoms with Crippen LogP contribution in [0.25, 0.3) is 10.9 Å². The highest BCUT2D eigenvalue weighted by molar-refractivity contribution is 5.78. The van der Waals surface area contributed by atoms with Crippen LogP contribution < -0.4 is 10.5 Å². The average molecular weight is 406 g/mol. The first-order valence-corrected chi connectivity index (χ1v) is 10.6. The van der Waals surface area contributed by atoms with E-state index in [1.165, 1.54) is 5.56 Å². The summed E-state index contributed by atoms with van der Waals surface area (Å²) in [4.78, 5) is 29.6. The van der Waals surface area contributed by atoms with Gasteiger partial charge in [-0.25, -0.2) is 4.98 Å². The van der Waals surface area contributed by atoms with Crippen molar-refractivity contribution in [1.29, 1.82) is 0 Å². The van der Waals surface area contributed by atoms with Crippen molar-refractivity contribution in [2.75, 3.05) is 24.5 Å². The second-order valence-electron chi connectivity index (χ2n) is 8.47. The number of fused-ring (bicyclic) bond motifs is 2. The molecule has 2 aliphatic heterocycles. The van der Waals surface area contributed by atoms with Crippen molar-refractivity contribution in [2.24, 2.45) is 0 Å². The predicted molar refractivity (Wildman–Crippen MR) is 117 cm³/mol. The van der Waals surface area contributed by atoms with Gasteiger partial charge in [-0.2, -0.15) is 0 Å². The number of nitrogens with zero attached hydrogens (tertiary/aromatic N) is 4. The van der Waals surface area contributed by atoms with E-state index in [2.05, 4.69) is 45.7 Å². The predicted octanol–water partition coefficient (Wildman–Crippen LogP) is 2.49. The SMILES string of the molecule is C[C@@H]1CN(c2nc3c(c(=O)[nH]2)CCN(Cc2cnc4ccccc4c2)C3)C[C@H](C)O1. The van der Waals surface area contributed by atoms with E-state index < -0.39 is 0 Å². The van der Waals surface area contributed by atoms with Crippen molar-refractivity contribution in [3.05, 3.63) is 63.7 Å². The van der Waals surface area contributed by atoms with Gasteiger partial charge >= 0.3 is 0 Å². The highest BCUT2D eigenvalue weighted by Gasteiger charge is 2.27. The lowest BCUT2D eigenvalue weighted by molar-refractivity contribution is -0.00576. The fourth-order valence-corrected chi connectivity index (χ4v) is 4.58. The van der Waals surface area contributed by atoms with Crippen molar-refractivity contribution in [2.45, 2.75) is 45.6 Å². The first kappa shape index (κ1) is 19.2. The van der Waals surface area contributed by atoms with Gasteiger partial charge in [0.05, 0.1) is 23.4 Å². The fraction of sp³-hybridized carbons (Fsp3) is 0.435. The molecule has 1 aromatic carbocycles. The van der Waals surface area contributed by atoms with E-state index in [0.29, 0.717) is 12.5 Å². The highest BCUT2D eigenvalue weighted by Crippen LogP contribution is 2.21. The van der Waals surface area contributed by atoms with E-state index in [4.69, 9.17) is 9.72 Å². The van der Waals surface area contributed by atoms with Gasteiger partial charge in [-0.1, -0.05) is 18.2 Å². The number of aromatic nitrogens is 3. The van der Waals surface area contributed by atoms with Crippen molar-refractivity contribution in [1.82, 2.24) is 19.9 Å². The molecule has 2 aliphatic rings. The van der Waals surface area contributed by atoms with Gasteiger partial charge in [-0.05, 0) is 38.0 Å². The summed E-state index contributed by atoms with van der Waals surface area (Å²) in [6.07, 6.45) is 2.90. The number of aromatic amines is 1. The third kappa shape index (κ3) is 3.82. The second kappa shape index (κ2) is 7.81. The van der Waals surface area contributed by atoms with Crippen LogP contribution in [0.5, 0.6) is 0 Å². The molecule has 2 aromatic heterocycles. The van der Waals surface area contributed by atoms with Crippen LogP contribution in [0.1, 0.15) is 30.7 Å². The summed E-state index contributed by atoms with van der Waals surface area (Å²) < 4.78 is 5.82. The van der Waals surface area contributed by atoms with Gasteiger partial charge in [0.15, 0.2) is 0 Å². The molecule has 0 saturated carbocycles. The van der Waals surface area contributed by atoms with E-state index >= 15 is 0 Å². The van der Waals surface area contributed by atoms with Crippen LogP contribution in [0.4, 0.5) is 5.95 Å². The summed E-state index contributed by atoms with van der Waals surface area (Å²) >= 11 is 0. The fourth-order valence-electron chi connectivity index (χ4n) is 4.58. The molecular weight excluding hydrogens is 378 g/mol. The molecule has 1 saturated heterocycles. The number of rotatable bonds is 3. The van der Waals surface area contributed by atoms with Crippen molar-refractivity contribution < 1.29 is 4.74 Å². The summed E-state index contributed by atoms with van der Waals surface area (Å²) in [5.41, 5.74) is 3.89. The number of para-hydroxylation sites is 1. The van der Waals surface area contributed by atoms with Crippen LogP contribution in [0.3, 0.4) is 0 Å². The Labute approximate surface area is 175 Å². The number of morpholine rings is 1. The number of H-pyrrole nitrogens is 1. The topological polar surface area (TPSA) is 74.4 Å². The highest BCUT2D eigenvalue weighted by atomic mass is 16.5. The zero-order valence-corrected chi connectivity index (χ0v) is 17.5. The molecule has 30 heavy (non-hydrogen) atoms. The lowest BCUT2D eigenvalue weighted by atomic mass is 10.1. The van der Waals surface area contributed by atoms with Crippen molar-refractivity contribution >= 4 is 16.9 Å². The minimum absolute atomic E-state index is 0.00572. The standard InChI is InChI=1S/C23H27N5O2/c1-15-11-28(12-16(2)30-15)23-25-21-14-27(8-7-19(21)22(29)26-23)13-17-9-18-5-3-4-6-20(18)24-10-17/h3-6,9-10,15-16H,7-8,11-14H2,1-2H3,(H,25,26,29)/t15-,16+. The summed E-state index contributed by atoms with van der Waals surface area (Å²) in [6.45, 7) is 7.89. The number of pyridine rings is 1. The molecule has 7 nitrogen and oxygen atoms in total. The summed E-state index contributed by atoms with van der Waals surface area (Å²) in [5, 5.41) is 1.15. The van der Waals surface area contributed by atoms with Crippen molar-refractivity contribution in [3.8, 4) is 0 Å². The number of nitrogens with one attached hydrogen (secondary N) is 1. The Kier molecular flexibility index (Phi) is 5.00. The van der Waals surface area contributed by atoms with Gasteiger partial charge in [0, 0.05) is 49.9 Å². The molecule has 0 bridgehead atoms. The monoisotopic (exact) mass is 405 g/mol. The Morgan fingerprint density at radius 1 is 1.20 bits per heavy atom. The van der Waals surface area contributed by atoms with Crippen LogP contribution in [-0.4, -0.2) is 51.7 Å². The maximum absolute atomic E-state index is 12.7. The van der Waals surface area contributed by atoms with E-state index in [0.717, 1.165) is 54.8 Å². The van der Waals surface area contributed by atoms with E-state index in [1.54, 1.807) is 0 Å². The summed E-state index contributed by atoms with van der Waals surface area (Å²) in [7, 11) is 0. The van der Waals surface area contributed by atoms with Gasteiger partial charge in [-0.3, -0.25) is 19.7 Å². The molecule has 0 aliphatic carbocycles. The number of ether oxygens (including phenoxy) is 1. The molecule has 2 atom stereocenters. The van der Waals surface area contributed by atoms with Gasteiger partial charge in [0.25, 0.3) is 5.56 Å². The van der Waals surface area contributed by atoms with Gasteiger partial charge in [0.2, 0.25) is 5.95 Å². The Hall–Kier alpha value is -2.77. The average Bonchev–Trinajstić information content (AvgIpc) is 2.73. The third-order valence-electron chi connectivity index (χ3n) is 5.91. The molecule has 0 spiro atoms. The molecule has 4 heterocycles. The van der Waals surface area contributed by atoms with Crippen LogP contribution in [0, 0.1) is 0 Å². The molecule has 0 amide bonds. The third-order valence-corrected chi connectivity index (χ3v) is 5.91. The Morgan fingerprint density at radius 2 is 2.00 bits per heavy atom. The maximum atomic E-state index is 12.7. The number of hydrogen-bond acceptors (Lipinski definition) is 6. The number of benzene rings is 1. The van der Waals surface area contributed by atoms with Crippen molar-refractivity contribution in [3.63, 3.8) is 0 Å². The molecule has 1 fully saturated rings. The summed E-state index contributed by atoms with van der Waals surface area (Å²) in [5.74, 6) is 0.662. The second-order valence-corrected chi connectivity index (χ2v) is 8.47. The molecule has 1 N–H and O–H groups in total. The zero-order chi connectivity index (χ0) is 20.7. The zero-order valence-electron chi connectivity index (χ0n) is 17.5. The van der Waals surface area contributed by atoms with Crippen LogP contribution in [0.15, 0.2) is 41.3 Å². The molecule has 156 valence electrons. The Bertz CT molecular complexity index is 1120. The van der Waals surface area contributed by atoms with E-state index in [1.807, 2.05) is 24.4 Å². The molecule has 3 aromatic rings. The molecule has 0 radical (unpaired) electrons. The van der Waals surface area contributed by atoms with Gasteiger partial charge in [0.1, 0.15) is 0 Å². The van der Waals surface area contributed by atoms with Crippen LogP contribution in [-0.2, 0) is 24.2 Å². The minimum atomic E-state index is -0.00572. The van der Waals surface area contributed by atoms with Crippen LogP contribution >= 0.6 is 0 Å². The lowest BCUT2D eigenvalue weighted by Gasteiger charge is -2.36. The van der Waals surface area contributed by atoms with Gasteiger partial charge < -0.3 is 9.64 Å². The number of hydrogen-bond donors (Lipinski definition) is 1. The van der Waals surface area contributed by atoms with E-state index in [-0.39, 0.29) is 17.8 Å². The lowest BCUT2D eigenvalue weighted by Crippen LogP contribution is -2.47. The quantitative estimate of drug-likeness (QED) is 0.722. The molecule has 7 heteroatoms. The largest absolute Gasteiger partial charge is 0.372 e. The van der Waals surface area contributed by atoms with Gasteiger partial charge in [-0.15, -0.1) is 0 Å². The normalized spacial score (nSPS) is 22.3. The first-order valence-electron chi connectivity index (χ1n) is 10.6. The maximum Gasteiger partial charge on any atom is 0.255 e. The molecular formula is C23H27N5O2. The first-order chi connectivity index (χ1) is 14.5. The summed E-state index contributed by atoms with van der Waals surface area (Å²) in [6, 6.07) is 10.4. The Morgan fingerprint density at radius 3 is 2.83 bits per heavy atom. The van der Waals surface area contributed by atoms with E-state index in [9.17, 15) is 4.79 Å². The molecule has 0 unspecified atom stereocenters.